The van der Waals surface area contributed by atoms with Crippen molar-refractivity contribution in [3.63, 3.8) is 0 Å². The van der Waals surface area contributed by atoms with Crippen LogP contribution in [0.2, 0.25) is 0 Å². The van der Waals surface area contributed by atoms with E-state index in [0.29, 0.717) is 13.0 Å². The molecule has 0 atom stereocenters. The summed E-state index contributed by atoms with van der Waals surface area (Å²) in [6.45, 7) is 0.622. The van der Waals surface area contributed by atoms with Crippen molar-refractivity contribution >= 4 is 29.4 Å². The quantitative estimate of drug-likeness (QED) is 0.369. The van der Waals surface area contributed by atoms with Gasteiger partial charge in [0.1, 0.15) is 5.75 Å². The molecule has 0 radical (unpaired) electrons. The van der Waals surface area contributed by atoms with E-state index in [0.717, 1.165) is 11.0 Å². The standard InChI is InChI=1S/C20H18N2O7/c1-29-8-2-7-22-18(25)13-5-3-11(9-14(13)19(22)26)17(24)21-15-6-4-12(20(27)28)10-16(15)23/h3-6,9-10,23H,2,7-8H2,1H3,(H,21,24)(H,27,28). The van der Waals surface area contributed by atoms with Gasteiger partial charge in [0.25, 0.3) is 17.7 Å². The molecule has 0 aromatic heterocycles. The maximum Gasteiger partial charge on any atom is 0.335 e. The first kappa shape index (κ1) is 20.0. The lowest BCUT2D eigenvalue weighted by molar-refractivity contribution is 0.0635. The summed E-state index contributed by atoms with van der Waals surface area (Å²) in [4.78, 5) is 49.4. The van der Waals surface area contributed by atoms with Gasteiger partial charge in [0, 0.05) is 25.8 Å². The van der Waals surface area contributed by atoms with Gasteiger partial charge in [-0.25, -0.2) is 4.79 Å². The van der Waals surface area contributed by atoms with E-state index in [4.69, 9.17) is 9.84 Å². The monoisotopic (exact) mass is 398 g/mol. The van der Waals surface area contributed by atoms with Crippen LogP contribution in [0.4, 0.5) is 5.69 Å². The summed E-state index contributed by atoms with van der Waals surface area (Å²) in [6, 6.07) is 7.65. The number of carbonyl (C=O) groups is 4. The lowest BCUT2D eigenvalue weighted by Gasteiger charge is -2.12. The molecule has 3 N–H and O–H groups in total. The van der Waals surface area contributed by atoms with Crippen molar-refractivity contribution in [1.29, 1.82) is 0 Å². The number of benzene rings is 2. The Bertz CT molecular complexity index is 1020. The maximum absolute atomic E-state index is 12.5. The number of hydrogen-bond donors (Lipinski definition) is 3. The summed E-state index contributed by atoms with van der Waals surface area (Å²) in [5, 5.41) is 21.3. The minimum Gasteiger partial charge on any atom is -0.506 e. The summed E-state index contributed by atoms with van der Waals surface area (Å²) >= 11 is 0. The first-order chi connectivity index (χ1) is 13.8. The van der Waals surface area contributed by atoms with E-state index in [9.17, 15) is 24.3 Å². The first-order valence-electron chi connectivity index (χ1n) is 8.70. The molecule has 1 aliphatic rings. The maximum atomic E-state index is 12.5. The molecule has 150 valence electrons. The van der Waals surface area contributed by atoms with Crippen molar-refractivity contribution < 1.29 is 34.1 Å². The third-order valence-corrected chi connectivity index (χ3v) is 4.46. The van der Waals surface area contributed by atoms with Crippen LogP contribution < -0.4 is 5.32 Å². The number of aromatic carboxylic acids is 1. The van der Waals surface area contributed by atoms with Crippen molar-refractivity contribution in [3.8, 4) is 5.75 Å². The Balaban J connectivity index is 1.79. The van der Waals surface area contributed by atoms with Crippen LogP contribution in [0.3, 0.4) is 0 Å². The topological polar surface area (TPSA) is 133 Å². The van der Waals surface area contributed by atoms with E-state index in [1.54, 1.807) is 0 Å². The highest BCUT2D eigenvalue weighted by Gasteiger charge is 2.35. The zero-order valence-electron chi connectivity index (χ0n) is 15.5. The number of carboxylic acid groups (broad SMARTS) is 1. The second-order valence-corrected chi connectivity index (χ2v) is 6.36. The SMILES string of the molecule is COCCCN1C(=O)c2ccc(C(=O)Nc3ccc(C(=O)O)cc3O)cc2C1=O. The number of amides is 3. The molecule has 0 aliphatic carbocycles. The number of phenolic OH excluding ortho intramolecular Hbond substituents is 1. The Morgan fingerprint density at radius 3 is 2.38 bits per heavy atom. The van der Waals surface area contributed by atoms with Crippen LogP contribution in [-0.2, 0) is 4.74 Å². The van der Waals surface area contributed by atoms with Gasteiger partial charge in [0.2, 0.25) is 0 Å². The molecule has 9 nitrogen and oxygen atoms in total. The molecule has 3 amide bonds. The van der Waals surface area contributed by atoms with Crippen molar-refractivity contribution in [2.45, 2.75) is 6.42 Å². The average molecular weight is 398 g/mol. The van der Waals surface area contributed by atoms with Crippen LogP contribution in [0.1, 0.15) is 47.9 Å². The largest absolute Gasteiger partial charge is 0.506 e. The lowest BCUT2D eigenvalue weighted by Crippen LogP contribution is -2.31. The molecule has 0 saturated heterocycles. The predicted octanol–water partition coefficient (Wildman–Crippen LogP) is 1.98. The molecule has 9 heteroatoms. The highest BCUT2D eigenvalue weighted by molar-refractivity contribution is 6.22. The number of methoxy groups -OCH3 is 1. The Hall–Kier alpha value is -3.72. The summed E-state index contributed by atoms with van der Waals surface area (Å²) in [6.07, 6.45) is 0.501. The number of nitrogens with one attached hydrogen (secondary N) is 1. The van der Waals surface area contributed by atoms with Gasteiger partial charge in [0.05, 0.1) is 22.4 Å². The van der Waals surface area contributed by atoms with Crippen LogP contribution in [0.25, 0.3) is 0 Å². The number of carbonyl (C=O) groups excluding carboxylic acids is 3. The van der Waals surface area contributed by atoms with E-state index in [1.807, 2.05) is 0 Å². The number of imide groups is 1. The molecule has 3 rings (SSSR count). The number of carboxylic acids is 1. The zero-order chi connectivity index (χ0) is 21.1. The smallest absolute Gasteiger partial charge is 0.335 e. The minimum atomic E-state index is -1.21. The van der Waals surface area contributed by atoms with Gasteiger partial charge in [-0.05, 0) is 42.8 Å². The second-order valence-electron chi connectivity index (χ2n) is 6.36. The van der Waals surface area contributed by atoms with Crippen molar-refractivity contribution in [1.82, 2.24) is 4.90 Å². The summed E-state index contributed by atoms with van der Waals surface area (Å²) in [7, 11) is 1.53. The number of phenols is 1. The molecule has 2 aromatic carbocycles. The van der Waals surface area contributed by atoms with E-state index < -0.39 is 29.4 Å². The molecule has 0 saturated carbocycles. The molecule has 0 spiro atoms. The van der Waals surface area contributed by atoms with E-state index in [2.05, 4.69) is 5.32 Å². The van der Waals surface area contributed by atoms with Gasteiger partial charge in [-0.15, -0.1) is 0 Å². The number of ether oxygens (including phenoxy) is 1. The van der Waals surface area contributed by atoms with Crippen LogP contribution in [0.15, 0.2) is 36.4 Å². The van der Waals surface area contributed by atoms with Crippen LogP contribution in [0, 0.1) is 0 Å². The van der Waals surface area contributed by atoms with E-state index >= 15 is 0 Å². The van der Waals surface area contributed by atoms with Gasteiger partial charge in [0.15, 0.2) is 0 Å². The van der Waals surface area contributed by atoms with E-state index in [-0.39, 0.29) is 34.5 Å². The number of aromatic hydroxyl groups is 1. The molecule has 0 fully saturated rings. The Morgan fingerprint density at radius 2 is 1.72 bits per heavy atom. The van der Waals surface area contributed by atoms with Crippen molar-refractivity contribution in [3.05, 3.63) is 58.7 Å². The molecule has 0 unspecified atom stereocenters. The predicted molar refractivity (Wildman–Crippen MR) is 101 cm³/mol. The fourth-order valence-electron chi connectivity index (χ4n) is 2.97. The highest BCUT2D eigenvalue weighted by Crippen LogP contribution is 2.27. The average Bonchev–Trinajstić information content (AvgIpc) is 2.93. The van der Waals surface area contributed by atoms with Gasteiger partial charge in [-0.2, -0.15) is 0 Å². The van der Waals surface area contributed by atoms with Crippen LogP contribution >= 0.6 is 0 Å². The van der Waals surface area contributed by atoms with Crippen molar-refractivity contribution in [2.24, 2.45) is 0 Å². The minimum absolute atomic E-state index is 0.0177. The summed E-state index contributed by atoms with van der Waals surface area (Å²) < 4.78 is 4.93. The molecular formula is C20H18N2O7. The lowest BCUT2D eigenvalue weighted by atomic mass is 10.1. The molecule has 2 aromatic rings. The molecule has 1 aliphatic heterocycles. The Kier molecular flexibility index (Phi) is 5.60. The number of hydrogen-bond acceptors (Lipinski definition) is 6. The fraction of sp³-hybridized carbons (Fsp3) is 0.200. The molecule has 29 heavy (non-hydrogen) atoms. The number of nitrogens with zero attached hydrogens (tertiary/aromatic N) is 1. The highest BCUT2D eigenvalue weighted by atomic mass is 16.5. The number of anilines is 1. The number of fused-ring (bicyclic) bond motifs is 1. The molecule has 1 heterocycles. The van der Waals surface area contributed by atoms with Gasteiger partial charge in [-0.3, -0.25) is 19.3 Å². The Labute approximate surface area is 165 Å². The first-order valence-corrected chi connectivity index (χ1v) is 8.70. The van der Waals surface area contributed by atoms with Gasteiger partial charge in [-0.1, -0.05) is 0 Å². The van der Waals surface area contributed by atoms with Crippen LogP contribution in [-0.4, -0.2) is 59.1 Å². The van der Waals surface area contributed by atoms with Gasteiger partial charge >= 0.3 is 5.97 Å². The Morgan fingerprint density at radius 1 is 1.03 bits per heavy atom. The van der Waals surface area contributed by atoms with Gasteiger partial charge < -0.3 is 20.3 Å². The molecular weight excluding hydrogens is 380 g/mol. The third kappa shape index (κ3) is 3.94. The third-order valence-electron chi connectivity index (χ3n) is 4.46. The zero-order valence-corrected chi connectivity index (χ0v) is 15.5. The number of rotatable bonds is 7. The molecule has 0 bridgehead atoms. The normalized spacial score (nSPS) is 12.8. The summed E-state index contributed by atoms with van der Waals surface area (Å²) in [5.74, 6) is -3.14. The van der Waals surface area contributed by atoms with Crippen molar-refractivity contribution in [2.75, 3.05) is 25.6 Å². The second kappa shape index (κ2) is 8.11. The summed E-state index contributed by atoms with van der Waals surface area (Å²) in [5.41, 5.74) is 0.355. The fourth-order valence-corrected chi connectivity index (χ4v) is 2.97. The van der Waals surface area contributed by atoms with E-state index in [1.165, 1.54) is 37.4 Å². The van der Waals surface area contributed by atoms with Crippen LogP contribution in [0.5, 0.6) is 5.75 Å².